The van der Waals surface area contributed by atoms with E-state index in [9.17, 15) is 15.0 Å². The predicted molar refractivity (Wildman–Crippen MR) is 312 cm³/mol. The first-order valence-corrected chi connectivity index (χ1v) is 29.4. The molecule has 3 N–H and O–H groups in total. The average molecular weight is 967 g/mol. The summed E-state index contributed by atoms with van der Waals surface area (Å²) in [6.45, 7) is 4.19. The van der Waals surface area contributed by atoms with Crippen molar-refractivity contribution < 1.29 is 15.0 Å². The van der Waals surface area contributed by atoms with Crippen molar-refractivity contribution in [1.29, 1.82) is 0 Å². The van der Waals surface area contributed by atoms with Crippen molar-refractivity contribution in [3.63, 3.8) is 0 Å². The highest BCUT2D eigenvalue weighted by Gasteiger charge is 2.18. The van der Waals surface area contributed by atoms with Gasteiger partial charge in [-0.1, -0.05) is 289 Å². The van der Waals surface area contributed by atoms with Gasteiger partial charge in [-0.15, -0.1) is 0 Å². The Morgan fingerprint density at radius 3 is 0.943 bits per heavy atom. The first-order chi connectivity index (χ1) is 34.7. The molecule has 0 rings (SSSR count). The molecule has 0 saturated carbocycles. The maximum atomic E-state index is 12.5. The van der Waals surface area contributed by atoms with Crippen LogP contribution in [0.2, 0.25) is 0 Å². The third kappa shape index (κ3) is 55.5. The number of unbranched alkanes of at least 4 members (excludes halogenated alkanes) is 25. The van der Waals surface area contributed by atoms with Crippen LogP contribution in [0.15, 0.2) is 134 Å². The van der Waals surface area contributed by atoms with Crippen molar-refractivity contribution in [2.75, 3.05) is 6.61 Å². The van der Waals surface area contributed by atoms with E-state index in [4.69, 9.17) is 0 Å². The zero-order chi connectivity index (χ0) is 50.6. The summed E-state index contributed by atoms with van der Waals surface area (Å²) in [6, 6.07) is -0.633. The highest BCUT2D eigenvalue weighted by Crippen LogP contribution is 2.15. The van der Waals surface area contributed by atoms with Gasteiger partial charge in [-0.2, -0.15) is 0 Å². The van der Waals surface area contributed by atoms with Gasteiger partial charge in [0, 0.05) is 6.42 Å². The summed E-state index contributed by atoms with van der Waals surface area (Å²) in [5, 5.41) is 23.1. The lowest BCUT2D eigenvalue weighted by Crippen LogP contribution is -2.45. The van der Waals surface area contributed by atoms with Crippen LogP contribution >= 0.6 is 0 Å². The topological polar surface area (TPSA) is 69.6 Å². The van der Waals surface area contributed by atoms with E-state index < -0.39 is 12.1 Å². The Morgan fingerprint density at radius 2 is 0.629 bits per heavy atom. The number of allylic oxidation sites excluding steroid dienone is 21. The van der Waals surface area contributed by atoms with Crippen LogP contribution in [0.1, 0.15) is 258 Å². The van der Waals surface area contributed by atoms with Crippen LogP contribution in [0.4, 0.5) is 0 Å². The molecule has 0 spiro atoms. The van der Waals surface area contributed by atoms with Crippen LogP contribution in [-0.4, -0.2) is 34.9 Å². The maximum absolute atomic E-state index is 12.5. The summed E-state index contributed by atoms with van der Waals surface area (Å²) in [7, 11) is 0. The molecule has 0 aromatic carbocycles. The minimum absolute atomic E-state index is 0.0727. The van der Waals surface area contributed by atoms with E-state index in [1.165, 1.54) is 148 Å². The highest BCUT2D eigenvalue weighted by molar-refractivity contribution is 5.76. The Morgan fingerprint density at radius 1 is 0.357 bits per heavy atom. The molecule has 0 radical (unpaired) electrons. The van der Waals surface area contributed by atoms with Gasteiger partial charge in [-0.25, -0.2) is 0 Å². The molecule has 0 aromatic rings. The number of hydrogen-bond donors (Lipinski definition) is 3. The molecular formula is C66H111NO3. The highest BCUT2D eigenvalue weighted by atomic mass is 16.3. The van der Waals surface area contributed by atoms with E-state index in [0.717, 1.165) is 89.9 Å². The summed E-state index contributed by atoms with van der Waals surface area (Å²) < 4.78 is 0. The summed E-state index contributed by atoms with van der Waals surface area (Å²) in [5.74, 6) is -0.0727. The van der Waals surface area contributed by atoms with Crippen LogP contribution in [0.25, 0.3) is 0 Å². The zero-order valence-corrected chi connectivity index (χ0v) is 45.7. The monoisotopic (exact) mass is 966 g/mol. The van der Waals surface area contributed by atoms with Crippen molar-refractivity contribution in [3.8, 4) is 0 Å². The van der Waals surface area contributed by atoms with Crippen molar-refractivity contribution in [1.82, 2.24) is 5.32 Å². The molecular weight excluding hydrogens is 855 g/mol. The van der Waals surface area contributed by atoms with E-state index in [2.05, 4.69) is 141 Å². The van der Waals surface area contributed by atoms with Crippen LogP contribution in [0.3, 0.4) is 0 Å². The fourth-order valence-corrected chi connectivity index (χ4v) is 8.21. The van der Waals surface area contributed by atoms with E-state index in [1.807, 2.05) is 6.08 Å². The third-order valence-electron chi connectivity index (χ3n) is 12.6. The maximum Gasteiger partial charge on any atom is 0.220 e. The van der Waals surface area contributed by atoms with Crippen LogP contribution in [0, 0.1) is 0 Å². The third-order valence-corrected chi connectivity index (χ3v) is 12.6. The molecule has 0 saturated heterocycles. The quantitative estimate of drug-likeness (QED) is 0.0420. The molecule has 0 fully saturated rings. The SMILES string of the molecule is CC/C=C\C/C=C\C/C=C\C/C=C\C/C=C\C/C=C\C/C=C\C/C=C\C/C=C\C/C=C\CCCCCCCCCCCCC(=O)NC(CO)C(O)/C=C/CCCCCCCCCCCCCCCCC. The fraction of sp³-hybridized carbons (Fsp3) is 0.652. The second-order valence-corrected chi connectivity index (χ2v) is 19.3. The molecule has 1 amide bonds. The van der Waals surface area contributed by atoms with E-state index >= 15 is 0 Å². The van der Waals surface area contributed by atoms with Crippen LogP contribution < -0.4 is 5.32 Å². The second kappa shape index (κ2) is 59.8. The number of carbonyl (C=O) groups is 1. The lowest BCUT2D eigenvalue weighted by Gasteiger charge is -2.20. The minimum atomic E-state index is -0.849. The van der Waals surface area contributed by atoms with Gasteiger partial charge in [0.25, 0.3) is 0 Å². The molecule has 0 aliphatic carbocycles. The molecule has 0 heterocycles. The number of aliphatic hydroxyl groups is 2. The molecule has 4 nitrogen and oxygen atoms in total. The first-order valence-electron chi connectivity index (χ1n) is 29.4. The summed E-state index contributed by atoms with van der Waals surface area (Å²) in [4.78, 5) is 12.5. The lowest BCUT2D eigenvalue weighted by molar-refractivity contribution is -0.123. The van der Waals surface area contributed by atoms with Gasteiger partial charge in [-0.3, -0.25) is 4.79 Å². The molecule has 398 valence electrons. The van der Waals surface area contributed by atoms with Gasteiger partial charge in [0.1, 0.15) is 0 Å². The largest absolute Gasteiger partial charge is 0.394 e. The standard InChI is InChI=1S/C66H111NO3/c1-3-5-7-9-11-13-15-17-19-21-22-23-24-25-26-27-28-29-30-31-32-33-34-35-36-37-38-39-40-41-42-43-44-46-48-50-52-54-56-58-60-62-66(70)67-64(63-68)65(69)61-59-57-55-53-51-49-47-45-20-18-16-14-12-10-8-6-4-2/h5,7,11,13,17,19,22-23,25-26,28-29,31-32,34-35,37-38,40-41,59,61,64-65,68-69H,3-4,6,8-10,12,14-16,18,20-21,24,27,30,33,36,39,42-58,60,62-63H2,1-2H3,(H,67,70)/b7-5-,13-11-,19-17-,23-22-,26-25-,29-28-,32-31-,35-34-,38-37-,41-40-,61-59+. The Balaban J connectivity index is 3.61. The van der Waals surface area contributed by atoms with Crippen molar-refractivity contribution >= 4 is 5.91 Å². The van der Waals surface area contributed by atoms with Crippen LogP contribution in [0.5, 0.6) is 0 Å². The van der Waals surface area contributed by atoms with Gasteiger partial charge in [0.2, 0.25) is 5.91 Å². The Kier molecular flexibility index (Phi) is 56.9. The fourth-order valence-electron chi connectivity index (χ4n) is 8.21. The second-order valence-electron chi connectivity index (χ2n) is 19.3. The van der Waals surface area contributed by atoms with Gasteiger partial charge in [0.15, 0.2) is 0 Å². The number of carbonyl (C=O) groups excluding carboxylic acids is 1. The van der Waals surface area contributed by atoms with E-state index in [0.29, 0.717) is 6.42 Å². The smallest absolute Gasteiger partial charge is 0.220 e. The van der Waals surface area contributed by atoms with Gasteiger partial charge < -0.3 is 15.5 Å². The number of amides is 1. The van der Waals surface area contributed by atoms with Crippen molar-refractivity contribution in [2.45, 2.75) is 270 Å². The molecule has 2 atom stereocenters. The number of rotatable bonds is 52. The van der Waals surface area contributed by atoms with Gasteiger partial charge >= 0.3 is 0 Å². The Bertz CT molecular complexity index is 1420. The normalized spacial score (nSPS) is 13.8. The molecule has 70 heavy (non-hydrogen) atoms. The Hall–Kier alpha value is -3.47. The average Bonchev–Trinajstić information content (AvgIpc) is 3.36. The molecule has 0 aromatic heterocycles. The van der Waals surface area contributed by atoms with Crippen LogP contribution in [-0.2, 0) is 4.79 Å². The summed E-state index contributed by atoms with van der Waals surface area (Å²) in [6.07, 6.45) is 93.2. The van der Waals surface area contributed by atoms with Crippen molar-refractivity contribution in [3.05, 3.63) is 134 Å². The van der Waals surface area contributed by atoms with E-state index in [1.54, 1.807) is 6.08 Å². The Labute approximate surface area is 434 Å². The molecule has 0 aliphatic heterocycles. The molecule has 0 aliphatic rings. The van der Waals surface area contributed by atoms with Gasteiger partial charge in [0.05, 0.1) is 18.8 Å². The lowest BCUT2D eigenvalue weighted by atomic mass is 10.0. The molecule has 4 heteroatoms. The first kappa shape index (κ1) is 66.5. The van der Waals surface area contributed by atoms with E-state index in [-0.39, 0.29) is 12.5 Å². The number of aliphatic hydroxyl groups excluding tert-OH is 2. The number of hydrogen-bond acceptors (Lipinski definition) is 3. The minimum Gasteiger partial charge on any atom is -0.394 e. The molecule has 0 bridgehead atoms. The molecule has 2 unspecified atom stereocenters. The van der Waals surface area contributed by atoms with Crippen molar-refractivity contribution in [2.24, 2.45) is 0 Å². The number of nitrogens with one attached hydrogen (secondary N) is 1. The summed E-state index contributed by atoms with van der Waals surface area (Å²) in [5.41, 5.74) is 0. The summed E-state index contributed by atoms with van der Waals surface area (Å²) >= 11 is 0. The zero-order valence-electron chi connectivity index (χ0n) is 45.7. The van der Waals surface area contributed by atoms with Gasteiger partial charge in [-0.05, 0) is 96.3 Å². The predicted octanol–water partition coefficient (Wildman–Crippen LogP) is 19.8.